The fourth-order valence-electron chi connectivity index (χ4n) is 6.03. The summed E-state index contributed by atoms with van der Waals surface area (Å²) >= 11 is 0. The van der Waals surface area contributed by atoms with Gasteiger partial charge in [0.25, 0.3) is 0 Å². The Morgan fingerprint density at radius 2 is 1.10 bits per heavy atom. The van der Waals surface area contributed by atoms with Crippen LogP contribution in [0.25, 0.3) is 0 Å². The Kier molecular flexibility index (Phi) is 6.47. The highest BCUT2D eigenvalue weighted by atomic mass is 16.3. The van der Waals surface area contributed by atoms with Crippen LogP contribution in [-0.4, -0.2) is 10.2 Å². The number of rotatable bonds is 5. The summed E-state index contributed by atoms with van der Waals surface area (Å²) in [6.07, 6.45) is 13.4. The Balaban J connectivity index is 1.79. The zero-order valence-electron chi connectivity index (χ0n) is 17.9. The normalized spacial score (nSPS) is 19.0. The molecule has 2 aromatic carbocycles. The van der Waals surface area contributed by atoms with Crippen molar-refractivity contribution in [2.75, 3.05) is 0 Å². The predicted octanol–water partition coefficient (Wildman–Crippen LogP) is 7.74. The van der Waals surface area contributed by atoms with E-state index in [0.29, 0.717) is 23.3 Å². The molecule has 0 heterocycles. The van der Waals surface area contributed by atoms with Crippen LogP contribution in [0.1, 0.15) is 118 Å². The van der Waals surface area contributed by atoms with Gasteiger partial charge < -0.3 is 10.2 Å². The molecule has 0 saturated heterocycles. The van der Waals surface area contributed by atoms with Gasteiger partial charge in [-0.2, -0.15) is 0 Å². The average Bonchev–Trinajstić information content (AvgIpc) is 2.76. The standard InChI is InChI=1S/C27H36O2/c1-2-21(22-15-9-17-24(28)26(22)19-11-5-3-6-12-19)23-16-10-18-25(29)27(23)20-13-7-4-8-14-20/h9-10,15-21,28-29H,2-8,11-14H2,1H3. The highest BCUT2D eigenvalue weighted by Gasteiger charge is 2.29. The van der Waals surface area contributed by atoms with E-state index < -0.39 is 0 Å². The molecule has 0 radical (unpaired) electrons. The molecule has 0 atom stereocenters. The third kappa shape index (κ3) is 4.17. The molecule has 29 heavy (non-hydrogen) atoms. The van der Waals surface area contributed by atoms with Gasteiger partial charge in [0.1, 0.15) is 11.5 Å². The summed E-state index contributed by atoms with van der Waals surface area (Å²) < 4.78 is 0. The first kappa shape index (κ1) is 20.3. The molecule has 4 rings (SSSR count). The van der Waals surface area contributed by atoms with Gasteiger partial charge in [-0.1, -0.05) is 69.7 Å². The quantitative estimate of drug-likeness (QED) is 0.546. The monoisotopic (exact) mass is 392 g/mol. The number of phenolic OH excluding ortho intramolecular Hbond substituents is 2. The maximum Gasteiger partial charge on any atom is 0.119 e. The van der Waals surface area contributed by atoms with E-state index in [4.69, 9.17) is 0 Å². The summed E-state index contributed by atoms with van der Waals surface area (Å²) in [6.45, 7) is 2.24. The second kappa shape index (κ2) is 9.24. The Morgan fingerprint density at radius 1 is 0.690 bits per heavy atom. The molecule has 0 amide bonds. The van der Waals surface area contributed by atoms with Crippen LogP contribution in [0, 0.1) is 0 Å². The van der Waals surface area contributed by atoms with Crippen molar-refractivity contribution in [3.63, 3.8) is 0 Å². The van der Waals surface area contributed by atoms with Crippen molar-refractivity contribution in [3.05, 3.63) is 58.7 Å². The minimum Gasteiger partial charge on any atom is -0.508 e. The van der Waals surface area contributed by atoms with Crippen LogP contribution < -0.4 is 0 Å². The number of benzene rings is 2. The van der Waals surface area contributed by atoms with Gasteiger partial charge in [0, 0.05) is 17.0 Å². The first-order valence-corrected chi connectivity index (χ1v) is 11.8. The van der Waals surface area contributed by atoms with E-state index in [1.165, 1.54) is 86.5 Å². The fraction of sp³-hybridized carbons (Fsp3) is 0.556. The maximum absolute atomic E-state index is 10.9. The topological polar surface area (TPSA) is 40.5 Å². The van der Waals surface area contributed by atoms with E-state index in [9.17, 15) is 10.2 Å². The third-order valence-corrected chi connectivity index (χ3v) is 7.42. The molecule has 2 heteroatoms. The minimum atomic E-state index is 0.225. The summed E-state index contributed by atoms with van der Waals surface area (Å²) in [7, 11) is 0. The molecule has 2 fully saturated rings. The molecule has 0 bridgehead atoms. The van der Waals surface area contributed by atoms with Gasteiger partial charge in [0.15, 0.2) is 0 Å². The first-order valence-electron chi connectivity index (χ1n) is 11.8. The van der Waals surface area contributed by atoms with Crippen LogP contribution in [0.4, 0.5) is 0 Å². The van der Waals surface area contributed by atoms with Gasteiger partial charge in [-0.15, -0.1) is 0 Å². The van der Waals surface area contributed by atoms with E-state index in [0.717, 1.165) is 6.42 Å². The number of phenols is 2. The molecule has 0 spiro atoms. The van der Waals surface area contributed by atoms with Gasteiger partial charge in [-0.3, -0.25) is 0 Å². The molecule has 2 aromatic rings. The van der Waals surface area contributed by atoms with E-state index in [1.807, 2.05) is 24.3 Å². The van der Waals surface area contributed by atoms with Gasteiger partial charge in [0.05, 0.1) is 0 Å². The minimum absolute atomic E-state index is 0.225. The summed E-state index contributed by atoms with van der Waals surface area (Å²) in [5, 5.41) is 21.7. The molecular weight excluding hydrogens is 356 g/mol. The van der Waals surface area contributed by atoms with E-state index in [1.54, 1.807) is 0 Å². The van der Waals surface area contributed by atoms with Gasteiger partial charge in [-0.05, 0) is 67.2 Å². The van der Waals surface area contributed by atoms with Crippen molar-refractivity contribution in [2.45, 2.75) is 95.3 Å². The number of hydrogen-bond acceptors (Lipinski definition) is 2. The highest BCUT2D eigenvalue weighted by molar-refractivity contribution is 5.52. The molecule has 2 saturated carbocycles. The lowest BCUT2D eigenvalue weighted by molar-refractivity contribution is 0.406. The lowest BCUT2D eigenvalue weighted by atomic mass is 9.73. The molecule has 2 aliphatic rings. The van der Waals surface area contributed by atoms with E-state index >= 15 is 0 Å². The highest BCUT2D eigenvalue weighted by Crippen LogP contribution is 2.47. The summed E-state index contributed by atoms with van der Waals surface area (Å²) in [5.41, 5.74) is 4.91. The zero-order chi connectivity index (χ0) is 20.2. The van der Waals surface area contributed by atoms with Crippen molar-refractivity contribution in [2.24, 2.45) is 0 Å². The number of aromatic hydroxyl groups is 2. The van der Waals surface area contributed by atoms with Gasteiger partial charge in [0.2, 0.25) is 0 Å². The largest absolute Gasteiger partial charge is 0.508 e. The second-order valence-corrected chi connectivity index (χ2v) is 9.19. The molecular formula is C27H36O2. The van der Waals surface area contributed by atoms with Crippen LogP contribution >= 0.6 is 0 Å². The molecule has 2 N–H and O–H groups in total. The lowest BCUT2D eigenvalue weighted by Gasteiger charge is -2.31. The van der Waals surface area contributed by atoms with Crippen LogP contribution in [0.15, 0.2) is 36.4 Å². The predicted molar refractivity (Wildman–Crippen MR) is 120 cm³/mol. The Bertz CT molecular complexity index is 746. The van der Waals surface area contributed by atoms with Crippen LogP contribution in [-0.2, 0) is 0 Å². The van der Waals surface area contributed by atoms with Crippen LogP contribution in [0.2, 0.25) is 0 Å². The molecule has 2 aliphatic carbocycles. The Labute approximate surface area is 176 Å². The van der Waals surface area contributed by atoms with Crippen molar-refractivity contribution in [1.29, 1.82) is 0 Å². The molecule has 2 nitrogen and oxygen atoms in total. The Morgan fingerprint density at radius 3 is 1.48 bits per heavy atom. The smallest absolute Gasteiger partial charge is 0.119 e. The van der Waals surface area contributed by atoms with E-state index in [2.05, 4.69) is 19.1 Å². The number of hydrogen-bond donors (Lipinski definition) is 2. The molecule has 0 aromatic heterocycles. The van der Waals surface area contributed by atoms with Gasteiger partial charge >= 0.3 is 0 Å². The maximum atomic E-state index is 10.9. The lowest BCUT2D eigenvalue weighted by Crippen LogP contribution is -2.14. The molecule has 0 unspecified atom stereocenters. The molecule has 156 valence electrons. The van der Waals surface area contributed by atoms with Crippen LogP contribution in [0.3, 0.4) is 0 Å². The van der Waals surface area contributed by atoms with Crippen molar-refractivity contribution in [3.8, 4) is 11.5 Å². The van der Waals surface area contributed by atoms with Crippen molar-refractivity contribution >= 4 is 0 Å². The fourth-order valence-corrected chi connectivity index (χ4v) is 6.03. The zero-order valence-corrected chi connectivity index (χ0v) is 17.9. The summed E-state index contributed by atoms with van der Waals surface area (Å²) in [4.78, 5) is 0. The van der Waals surface area contributed by atoms with Crippen LogP contribution in [0.5, 0.6) is 11.5 Å². The third-order valence-electron chi connectivity index (χ3n) is 7.42. The van der Waals surface area contributed by atoms with Crippen molar-refractivity contribution < 1.29 is 10.2 Å². The van der Waals surface area contributed by atoms with Crippen molar-refractivity contribution in [1.82, 2.24) is 0 Å². The van der Waals surface area contributed by atoms with Gasteiger partial charge in [-0.25, -0.2) is 0 Å². The van der Waals surface area contributed by atoms with E-state index in [-0.39, 0.29) is 5.92 Å². The second-order valence-electron chi connectivity index (χ2n) is 9.19. The summed E-state index contributed by atoms with van der Waals surface area (Å²) in [6, 6.07) is 12.2. The first-order chi connectivity index (χ1) is 14.2. The Hall–Kier alpha value is -1.96. The average molecular weight is 393 g/mol. The molecule has 0 aliphatic heterocycles. The SMILES string of the molecule is CCC(c1cccc(O)c1C1CCCCC1)c1cccc(O)c1C1CCCCC1. The summed E-state index contributed by atoms with van der Waals surface area (Å²) in [5.74, 6) is 2.08.